The summed E-state index contributed by atoms with van der Waals surface area (Å²) in [5.41, 5.74) is 29.8. The predicted molar refractivity (Wildman–Crippen MR) is 314 cm³/mol. The second-order valence-corrected chi connectivity index (χ2v) is 22.7. The van der Waals surface area contributed by atoms with Crippen LogP contribution in [0, 0.1) is 27.7 Å². The summed E-state index contributed by atoms with van der Waals surface area (Å²) in [7, 11) is 0. The number of fused-ring (bicyclic) bond motifs is 12. The van der Waals surface area contributed by atoms with E-state index in [2.05, 4.69) is 221 Å². The Balaban J connectivity index is 1.09. The van der Waals surface area contributed by atoms with Crippen LogP contribution in [-0.2, 0) is 25.7 Å². The number of hydrogen-bond acceptors (Lipinski definition) is 2. The Morgan fingerprint density at radius 2 is 0.743 bits per heavy atom. The molecule has 2 heterocycles. The molecule has 4 aliphatic rings. The zero-order chi connectivity index (χ0) is 49.4. The van der Waals surface area contributed by atoms with E-state index in [9.17, 15) is 0 Å². The minimum Gasteiger partial charge on any atom is -0.309 e. The Morgan fingerprint density at radius 1 is 0.351 bits per heavy atom. The summed E-state index contributed by atoms with van der Waals surface area (Å²) in [5, 5.41) is 13.2. The fourth-order valence-electron chi connectivity index (χ4n) is 14.8. The normalized spacial score (nSPS) is 16.2. The largest absolute Gasteiger partial charge is 0.309 e. The molecule has 16 rings (SSSR count). The van der Waals surface area contributed by atoms with E-state index in [1.165, 1.54) is 177 Å². The molecule has 2 nitrogen and oxygen atoms in total. The van der Waals surface area contributed by atoms with Crippen molar-refractivity contribution >= 4 is 88.0 Å². The molecule has 0 aromatic heterocycles. The molecule has 2 aliphatic carbocycles. The molecule has 12 aromatic carbocycles. The van der Waals surface area contributed by atoms with Gasteiger partial charge in [-0.25, -0.2) is 0 Å². The van der Waals surface area contributed by atoms with E-state index in [4.69, 9.17) is 0 Å². The van der Waals surface area contributed by atoms with Crippen molar-refractivity contribution < 1.29 is 0 Å². The monoisotopic (exact) mass is 948 g/mol. The van der Waals surface area contributed by atoms with Gasteiger partial charge in [-0.05, 0) is 199 Å². The van der Waals surface area contributed by atoms with E-state index < -0.39 is 0 Å². The van der Waals surface area contributed by atoms with Crippen molar-refractivity contribution in [3.8, 4) is 22.3 Å². The Kier molecular flexibility index (Phi) is 8.68. The van der Waals surface area contributed by atoms with Crippen molar-refractivity contribution in [1.82, 2.24) is 0 Å². The van der Waals surface area contributed by atoms with Gasteiger partial charge in [0.2, 0.25) is 0 Å². The molecule has 74 heavy (non-hydrogen) atoms. The quantitative estimate of drug-likeness (QED) is 0.159. The summed E-state index contributed by atoms with van der Waals surface area (Å²) in [6, 6.07) is 67.1. The molecule has 8 bridgehead atoms. The third-order valence-electron chi connectivity index (χ3n) is 18.3. The van der Waals surface area contributed by atoms with Crippen LogP contribution in [0.1, 0.15) is 92.4 Å². The summed E-state index contributed by atoms with van der Waals surface area (Å²) in [4.78, 5) is 5.43. The first-order valence-electron chi connectivity index (χ1n) is 27.0. The molecule has 0 spiro atoms. The molecule has 0 N–H and O–H groups in total. The second kappa shape index (κ2) is 15.2. The van der Waals surface area contributed by atoms with Crippen LogP contribution < -0.4 is 9.80 Å². The Hall–Kier alpha value is -8.20. The zero-order valence-corrected chi connectivity index (χ0v) is 43.0. The summed E-state index contributed by atoms with van der Waals surface area (Å²) in [6.07, 6.45) is 3.81. The van der Waals surface area contributed by atoms with Gasteiger partial charge in [0, 0.05) is 34.4 Å². The van der Waals surface area contributed by atoms with Gasteiger partial charge < -0.3 is 9.80 Å². The molecule has 354 valence electrons. The van der Waals surface area contributed by atoms with Gasteiger partial charge in [0.25, 0.3) is 0 Å². The maximum Gasteiger partial charge on any atom is 0.0569 e. The molecule has 0 saturated carbocycles. The highest BCUT2D eigenvalue weighted by Gasteiger charge is 2.35. The van der Waals surface area contributed by atoms with E-state index in [-0.39, 0.29) is 11.8 Å². The first kappa shape index (κ1) is 42.3. The lowest BCUT2D eigenvalue weighted by molar-refractivity contribution is 0.760. The maximum atomic E-state index is 2.72. The van der Waals surface area contributed by atoms with Gasteiger partial charge in [-0.1, -0.05) is 158 Å². The predicted octanol–water partition coefficient (Wildman–Crippen LogP) is 19.5. The van der Waals surface area contributed by atoms with Crippen LogP contribution in [0.15, 0.2) is 170 Å². The summed E-state index contributed by atoms with van der Waals surface area (Å²) < 4.78 is 0. The standard InChI is InChI=1S/C72H56N2/c1-39-19-23-45-25-21-41(3)71(61(45)31-39)73-65-17-9-15-51-49-13-7-11-47(59(49)35-63(51)65)33-43(5)57-37-67(73)55-29-27-54-58-38-68(56-30-28-53(57)69(55)70(54)56)74(72-42(4)22-26-46-24-20-40(2)32-62(46)72)66-18-10-16-52-50-14-8-12-48(34-44(58)6)60(50)36-64(52)66/h7-32,37-38,43-44H,33-36H2,1-6H3. The van der Waals surface area contributed by atoms with Crippen LogP contribution in [0.3, 0.4) is 0 Å². The Bertz CT molecular complexity index is 4180. The van der Waals surface area contributed by atoms with E-state index in [0.717, 1.165) is 25.7 Å². The Labute approximate surface area is 433 Å². The fraction of sp³-hybridized carbons (Fsp3) is 0.167. The molecule has 0 radical (unpaired) electrons. The summed E-state index contributed by atoms with van der Waals surface area (Å²) in [6.45, 7) is 14.1. The Morgan fingerprint density at radius 3 is 1.19 bits per heavy atom. The number of aryl methyl sites for hydroxylation is 4. The topological polar surface area (TPSA) is 6.48 Å². The van der Waals surface area contributed by atoms with Crippen LogP contribution in [0.2, 0.25) is 0 Å². The summed E-state index contributed by atoms with van der Waals surface area (Å²) in [5.74, 6) is 0.496. The lowest BCUT2D eigenvalue weighted by Crippen LogP contribution is -2.16. The molecule has 2 atom stereocenters. The molecule has 0 fully saturated rings. The molecule has 2 aliphatic heterocycles. The van der Waals surface area contributed by atoms with Crippen molar-refractivity contribution in [2.24, 2.45) is 0 Å². The van der Waals surface area contributed by atoms with Gasteiger partial charge in [0.05, 0.1) is 34.1 Å². The lowest BCUT2D eigenvalue weighted by atomic mass is 9.81. The van der Waals surface area contributed by atoms with Crippen molar-refractivity contribution in [2.45, 2.75) is 79.1 Å². The van der Waals surface area contributed by atoms with Crippen molar-refractivity contribution in [3.63, 3.8) is 0 Å². The van der Waals surface area contributed by atoms with E-state index in [1.54, 1.807) is 0 Å². The fourth-order valence-corrected chi connectivity index (χ4v) is 14.8. The lowest BCUT2D eigenvalue weighted by Gasteiger charge is -2.34. The SMILES string of the molecule is Cc1ccc2ccc(C)c(N3c4cccc5c4Cc4c(cccc4-5)CC(C)c4cc3c3ccc5c6cc(c7ccc4c3c57)N(c3c(C)ccc4ccc(C)cc34)c3cccc4c3Cc3c(cccc3-4)CC6C)c2c1. The molecule has 0 saturated heterocycles. The highest BCUT2D eigenvalue weighted by molar-refractivity contribution is 6.30. The molecular formula is C72H56N2. The number of rotatable bonds is 2. The van der Waals surface area contributed by atoms with E-state index >= 15 is 0 Å². The third kappa shape index (κ3) is 5.72. The van der Waals surface area contributed by atoms with E-state index in [1.807, 2.05) is 0 Å². The van der Waals surface area contributed by atoms with Gasteiger partial charge >= 0.3 is 0 Å². The maximum absolute atomic E-state index is 2.72. The van der Waals surface area contributed by atoms with Gasteiger partial charge in [0.1, 0.15) is 0 Å². The third-order valence-corrected chi connectivity index (χ3v) is 18.3. The molecule has 0 amide bonds. The van der Waals surface area contributed by atoms with Gasteiger partial charge in [0.15, 0.2) is 0 Å². The van der Waals surface area contributed by atoms with Crippen molar-refractivity contribution in [3.05, 3.63) is 237 Å². The van der Waals surface area contributed by atoms with Gasteiger partial charge in [-0.15, -0.1) is 0 Å². The van der Waals surface area contributed by atoms with Crippen LogP contribution in [0.25, 0.3) is 76.1 Å². The number of nitrogens with zero attached hydrogens (tertiary/aromatic N) is 2. The second-order valence-electron chi connectivity index (χ2n) is 22.7. The van der Waals surface area contributed by atoms with Crippen LogP contribution >= 0.6 is 0 Å². The van der Waals surface area contributed by atoms with E-state index in [0.29, 0.717) is 0 Å². The highest BCUT2D eigenvalue weighted by Crippen LogP contribution is 2.57. The number of hydrogen-bond donors (Lipinski definition) is 0. The first-order chi connectivity index (χ1) is 36.2. The summed E-state index contributed by atoms with van der Waals surface area (Å²) >= 11 is 0. The minimum atomic E-state index is 0.248. The van der Waals surface area contributed by atoms with Crippen molar-refractivity contribution in [2.75, 3.05) is 9.80 Å². The average Bonchev–Trinajstić information content (AvgIpc) is 4.02. The molecular weight excluding hydrogens is 893 g/mol. The number of anilines is 6. The zero-order valence-electron chi connectivity index (χ0n) is 43.0. The molecule has 2 unspecified atom stereocenters. The van der Waals surface area contributed by atoms with Crippen LogP contribution in [-0.4, -0.2) is 0 Å². The van der Waals surface area contributed by atoms with Crippen molar-refractivity contribution in [1.29, 1.82) is 0 Å². The molecule has 12 aromatic rings. The first-order valence-corrected chi connectivity index (χ1v) is 27.0. The molecule has 2 heteroatoms. The van der Waals surface area contributed by atoms with Gasteiger partial charge in [-0.3, -0.25) is 0 Å². The average molecular weight is 949 g/mol. The van der Waals surface area contributed by atoms with Crippen LogP contribution in [0.5, 0.6) is 0 Å². The highest BCUT2D eigenvalue weighted by atomic mass is 15.2. The van der Waals surface area contributed by atoms with Gasteiger partial charge in [-0.2, -0.15) is 0 Å². The smallest absolute Gasteiger partial charge is 0.0569 e. The minimum absolute atomic E-state index is 0.248. The number of benzene rings is 12. The van der Waals surface area contributed by atoms with Crippen LogP contribution in [0.4, 0.5) is 34.1 Å².